The van der Waals surface area contributed by atoms with E-state index in [2.05, 4.69) is 25.2 Å². The van der Waals surface area contributed by atoms with Gasteiger partial charge in [0.15, 0.2) is 0 Å². The van der Waals surface area contributed by atoms with Crippen LogP contribution in [0.25, 0.3) is 0 Å². The Morgan fingerprint density at radius 2 is 1.62 bits per heavy atom. The van der Waals surface area contributed by atoms with Crippen molar-refractivity contribution in [1.29, 1.82) is 0 Å². The van der Waals surface area contributed by atoms with Crippen LogP contribution >= 0.6 is 0 Å². The third-order valence-corrected chi connectivity index (χ3v) is 1.63. The van der Waals surface area contributed by atoms with Crippen LogP contribution in [0.2, 0.25) is 0 Å². The van der Waals surface area contributed by atoms with Crippen molar-refractivity contribution in [2.45, 2.75) is 39.0 Å². The van der Waals surface area contributed by atoms with E-state index in [0.717, 1.165) is 12.8 Å². The van der Waals surface area contributed by atoms with Crippen LogP contribution in [0.4, 0.5) is 0 Å². The van der Waals surface area contributed by atoms with Crippen molar-refractivity contribution in [2.75, 3.05) is 0 Å². The fourth-order valence-corrected chi connectivity index (χ4v) is 0.925. The molecule has 0 rings (SSSR count). The molecule has 0 amide bonds. The van der Waals surface area contributed by atoms with E-state index < -0.39 is 0 Å². The molecular formula is C12H18O. The number of allylic oxidation sites excluding steroid dienone is 5. The van der Waals surface area contributed by atoms with Crippen molar-refractivity contribution in [3.63, 3.8) is 0 Å². The molecule has 0 bridgehead atoms. The van der Waals surface area contributed by atoms with E-state index in [4.69, 9.17) is 0 Å². The highest BCUT2D eigenvalue weighted by molar-refractivity contribution is 5.45. The van der Waals surface area contributed by atoms with Gasteiger partial charge in [-0.2, -0.15) is 0 Å². The summed E-state index contributed by atoms with van der Waals surface area (Å²) in [6.07, 6.45) is 15.3. The Morgan fingerprint density at radius 3 is 2.23 bits per heavy atom. The van der Waals surface area contributed by atoms with Gasteiger partial charge in [-0.3, -0.25) is 0 Å². The monoisotopic (exact) mass is 178 g/mol. The summed E-state index contributed by atoms with van der Waals surface area (Å²) in [4.78, 5) is 9.79. The second-order valence-corrected chi connectivity index (χ2v) is 2.87. The summed E-state index contributed by atoms with van der Waals surface area (Å²) in [5.41, 5.74) is 0. The number of rotatable bonds is 7. The van der Waals surface area contributed by atoms with Crippen LogP contribution in [0.3, 0.4) is 0 Å². The van der Waals surface area contributed by atoms with Crippen LogP contribution in [-0.2, 0) is 4.79 Å². The molecule has 0 aliphatic heterocycles. The van der Waals surface area contributed by atoms with Gasteiger partial charge in [-0.25, -0.2) is 4.79 Å². The Bertz CT molecular complexity index is 195. The average Bonchev–Trinajstić information content (AvgIpc) is 2.16. The van der Waals surface area contributed by atoms with Gasteiger partial charge >= 0.3 is 0 Å². The predicted octanol–water partition coefficient (Wildman–Crippen LogP) is 3.46. The van der Waals surface area contributed by atoms with Gasteiger partial charge in [0.25, 0.3) is 0 Å². The lowest BCUT2D eigenvalue weighted by Crippen LogP contribution is -1.66. The Balaban J connectivity index is 3.24. The molecular weight excluding hydrogens is 160 g/mol. The van der Waals surface area contributed by atoms with Gasteiger partial charge in [0.1, 0.15) is 5.94 Å². The summed E-state index contributed by atoms with van der Waals surface area (Å²) in [5.74, 6) is 1.75. The van der Waals surface area contributed by atoms with E-state index >= 15 is 0 Å². The molecule has 0 aliphatic rings. The molecule has 1 heteroatoms. The van der Waals surface area contributed by atoms with Crippen LogP contribution in [0, 0.1) is 0 Å². The van der Waals surface area contributed by atoms with E-state index in [1.807, 2.05) is 6.08 Å². The molecule has 72 valence electrons. The van der Waals surface area contributed by atoms with Crippen LogP contribution in [0.15, 0.2) is 30.4 Å². The van der Waals surface area contributed by atoms with Crippen LogP contribution < -0.4 is 0 Å². The highest BCUT2D eigenvalue weighted by Gasteiger charge is 1.77. The molecule has 0 aromatic rings. The number of unbranched alkanes of at least 4 members (excludes halogenated alkanes) is 2. The van der Waals surface area contributed by atoms with Crippen molar-refractivity contribution < 1.29 is 4.79 Å². The summed E-state index contributed by atoms with van der Waals surface area (Å²) >= 11 is 0. The second kappa shape index (κ2) is 10.9. The van der Waals surface area contributed by atoms with E-state index in [9.17, 15) is 4.79 Å². The lowest BCUT2D eigenvalue weighted by molar-refractivity contribution is 0.568. The third kappa shape index (κ3) is 10.9. The van der Waals surface area contributed by atoms with Gasteiger partial charge in [-0.15, -0.1) is 0 Å². The Kier molecular flexibility index (Phi) is 10.0. The number of hydrogen-bond donors (Lipinski definition) is 0. The molecule has 0 radical (unpaired) electrons. The quantitative estimate of drug-likeness (QED) is 0.331. The van der Waals surface area contributed by atoms with Crippen LogP contribution in [-0.4, -0.2) is 5.94 Å². The summed E-state index contributed by atoms with van der Waals surface area (Å²) < 4.78 is 0. The minimum Gasteiger partial charge on any atom is -0.234 e. The topological polar surface area (TPSA) is 17.1 Å². The van der Waals surface area contributed by atoms with Gasteiger partial charge in [0.2, 0.25) is 0 Å². The molecule has 0 N–H and O–H groups in total. The first-order valence-corrected chi connectivity index (χ1v) is 4.91. The molecule has 0 unspecified atom stereocenters. The van der Waals surface area contributed by atoms with Crippen molar-refractivity contribution >= 4 is 5.94 Å². The van der Waals surface area contributed by atoms with E-state index in [1.54, 1.807) is 5.94 Å². The molecule has 1 nitrogen and oxygen atoms in total. The van der Waals surface area contributed by atoms with Gasteiger partial charge in [-0.1, -0.05) is 37.6 Å². The molecule has 0 aromatic heterocycles. The Morgan fingerprint density at radius 1 is 1.00 bits per heavy atom. The molecule has 13 heavy (non-hydrogen) atoms. The summed E-state index contributed by atoms with van der Waals surface area (Å²) in [7, 11) is 0. The van der Waals surface area contributed by atoms with Crippen LogP contribution in [0.1, 0.15) is 39.0 Å². The lowest BCUT2D eigenvalue weighted by atomic mass is 10.2. The summed E-state index contributed by atoms with van der Waals surface area (Å²) in [6, 6.07) is 0. The van der Waals surface area contributed by atoms with E-state index in [1.165, 1.54) is 18.9 Å². The molecule has 0 heterocycles. The minimum atomic E-state index is 0.710. The molecule has 0 aromatic carbocycles. The zero-order chi connectivity index (χ0) is 9.78. The maximum atomic E-state index is 9.79. The third-order valence-electron chi connectivity index (χ3n) is 1.63. The van der Waals surface area contributed by atoms with E-state index in [-0.39, 0.29) is 0 Å². The smallest absolute Gasteiger partial charge is 0.120 e. The van der Waals surface area contributed by atoms with Gasteiger partial charge < -0.3 is 0 Å². The van der Waals surface area contributed by atoms with Gasteiger partial charge in [0, 0.05) is 6.08 Å². The fraction of sp³-hybridized carbons (Fsp3) is 0.500. The van der Waals surface area contributed by atoms with Gasteiger partial charge in [0.05, 0.1) is 0 Å². The van der Waals surface area contributed by atoms with Crippen molar-refractivity contribution in [3.8, 4) is 0 Å². The number of hydrogen-bond acceptors (Lipinski definition) is 1. The average molecular weight is 178 g/mol. The molecule has 0 fully saturated rings. The van der Waals surface area contributed by atoms with Gasteiger partial charge in [-0.05, 0) is 25.7 Å². The molecule has 0 atom stereocenters. The Labute approximate surface area is 80.8 Å². The van der Waals surface area contributed by atoms with Crippen molar-refractivity contribution in [3.05, 3.63) is 30.4 Å². The lowest BCUT2D eigenvalue weighted by Gasteiger charge is -1.86. The maximum Gasteiger partial charge on any atom is 0.120 e. The standard InChI is InChI=1S/C12H18O/c1-2-3-4-5-6-7-8-9-10-11-12-13/h4-5,8-9,11H,2-3,6-7,10H2,1H3/b5-4-,9-8+. The van der Waals surface area contributed by atoms with Crippen molar-refractivity contribution in [2.24, 2.45) is 0 Å². The van der Waals surface area contributed by atoms with Crippen LogP contribution in [0.5, 0.6) is 0 Å². The molecule has 0 spiro atoms. The summed E-state index contributed by atoms with van der Waals surface area (Å²) in [5, 5.41) is 0. The first-order chi connectivity index (χ1) is 6.41. The predicted molar refractivity (Wildman–Crippen MR) is 57.3 cm³/mol. The zero-order valence-corrected chi connectivity index (χ0v) is 8.33. The van der Waals surface area contributed by atoms with E-state index in [0.29, 0.717) is 6.42 Å². The fourth-order valence-electron chi connectivity index (χ4n) is 0.925. The summed E-state index contributed by atoms with van der Waals surface area (Å²) in [6.45, 7) is 2.18. The SMILES string of the molecule is CCC/C=C\CC/C=C/CC=C=O. The first kappa shape index (κ1) is 11.9. The maximum absolute atomic E-state index is 9.79. The zero-order valence-electron chi connectivity index (χ0n) is 8.33. The highest BCUT2D eigenvalue weighted by atomic mass is 16.1. The highest BCUT2D eigenvalue weighted by Crippen LogP contribution is 1.96. The second-order valence-electron chi connectivity index (χ2n) is 2.87. The largest absolute Gasteiger partial charge is 0.234 e. The molecule has 0 saturated heterocycles. The normalized spacial score (nSPS) is 10.8. The minimum absolute atomic E-state index is 0.710. The Hall–Kier alpha value is -1.07. The molecule has 0 aliphatic carbocycles. The van der Waals surface area contributed by atoms with Crippen molar-refractivity contribution in [1.82, 2.24) is 0 Å². The molecule has 0 saturated carbocycles. The first-order valence-electron chi connectivity index (χ1n) is 4.91. The number of carbonyl (C=O) groups excluding carboxylic acids is 1.